The first-order chi connectivity index (χ1) is 12.0. The van der Waals surface area contributed by atoms with E-state index in [0.717, 1.165) is 0 Å². The van der Waals surface area contributed by atoms with Gasteiger partial charge in [0.1, 0.15) is 17.6 Å². The number of benzene rings is 1. The number of rotatable bonds is 6. The Morgan fingerprint density at radius 3 is 2.72 bits per heavy atom. The molecule has 132 valence electrons. The number of carbonyl (C=O) groups is 2. The van der Waals surface area contributed by atoms with Crippen LogP contribution in [0.2, 0.25) is 0 Å². The number of Topliss-reactive ketones (excluding diaryl/α,β-unsaturated/α-hetero) is 1. The van der Waals surface area contributed by atoms with Crippen LogP contribution in [0.3, 0.4) is 0 Å². The van der Waals surface area contributed by atoms with E-state index in [1.165, 1.54) is 43.6 Å². The summed E-state index contributed by atoms with van der Waals surface area (Å²) in [5.74, 6) is -0.0757. The van der Waals surface area contributed by atoms with Crippen molar-refractivity contribution in [2.45, 2.75) is 25.9 Å². The third kappa shape index (κ3) is 3.96. The Morgan fingerprint density at radius 2 is 2.08 bits per heavy atom. The average molecular weight is 364 g/mol. The van der Waals surface area contributed by atoms with Gasteiger partial charge in [0.15, 0.2) is 22.4 Å². The highest BCUT2D eigenvalue weighted by atomic mass is 32.1. The van der Waals surface area contributed by atoms with E-state index in [1.54, 1.807) is 5.38 Å². The summed E-state index contributed by atoms with van der Waals surface area (Å²) in [6.45, 7) is 1.43. The Morgan fingerprint density at radius 1 is 1.32 bits per heavy atom. The minimum Gasteiger partial charge on any atom is -0.493 e. The van der Waals surface area contributed by atoms with Crippen LogP contribution in [0.15, 0.2) is 23.6 Å². The molecule has 1 aromatic heterocycles. The van der Waals surface area contributed by atoms with Gasteiger partial charge in [-0.3, -0.25) is 9.59 Å². The van der Waals surface area contributed by atoms with Crippen LogP contribution in [0.25, 0.3) is 0 Å². The van der Waals surface area contributed by atoms with Crippen LogP contribution in [0, 0.1) is 11.7 Å². The predicted molar refractivity (Wildman–Crippen MR) is 90.8 cm³/mol. The van der Waals surface area contributed by atoms with Gasteiger partial charge in [0.2, 0.25) is 5.91 Å². The number of hydrogen-bond acceptors (Lipinski definition) is 6. The largest absolute Gasteiger partial charge is 0.493 e. The first-order valence-electron chi connectivity index (χ1n) is 7.73. The van der Waals surface area contributed by atoms with E-state index in [9.17, 15) is 14.0 Å². The van der Waals surface area contributed by atoms with Crippen molar-refractivity contribution >= 4 is 28.2 Å². The van der Waals surface area contributed by atoms with Crippen molar-refractivity contribution in [1.82, 2.24) is 4.98 Å². The minimum atomic E-state index is -0.400. The lowest BCUT2D eigenvalue weighted by Crippen LogP contribution is -2.40. The molecule has 0 radical (unpaired) electrons. The maximum Gasteiger partial charge on any atom is 0.229 e. The molecule has 3 rings (SSSR count). The Hall–Kier alpha value is -2.48. The Balaban J connectivity index is 1.52. The third-order valence-electron chi connectivity index (χ3n) is 3.98. The lowest BCUT2D eigenvalue weighted by Gasteiger charge is -2.34. The maximum absolute atomic E-state index is 13.2. The number of nitrogens with zero attached hydrogens (tertiary/aromatic N) is 1. The van der Waals surface area contributed by atoms with E-state index in [2.05, 4.69) is 10.3 Å². The molecule has 2 aromatic rings. The standard InChI is InChI=1S/C17H17FN2O4S/c1-9(21)13-8-25-17(19-13)20-16(22)10-5-12(6-10)24-14-4-3-11(18)7-15(14)23-2/h3-4,7-8,10,12H,5-6H2,1-2H3,(H,19,20,22)/t10-,12-. The fraction of sp³-hybridized carbons (Fsp3) is 0.353. The lowest BCUT2D eigenvalue weighted by molar-refractivity contribution is -0.125. The van der Waals surface area contributed by atoms with E-state index in [4.69, 9.17) is 9.47 Å². The van der Waals surface area contributed by atoms with E-state index < -0.39 is 5.82 Å². The fourth-order valence-electron chi connectivity index (χ4n) is 2.49. The summed E-state index contributed by atoms with van der Waals surface area (Å²) in [5, 5.41) is 4.75. The Bertz CT molecular complexity index is 802. The molecule has 1 aromatic carbocycles. The van der Waals surface area contributed by atoms with Crippen molar-refractivity contribution in [3.05, 3.63) is 35.1 Å². The SMILES string of the molecule is COc1cc(F)ccc1O[C@H]1C[C@H](C(=O)Nc2nc(C(C)=O)cs2)C1. The molecule has 25 heavy (non-hydrogen) atoms. The van der Waals surface area contributed by atoms with E-state index in [0.29, 0.717) is 35.2 Å². The molecule has 1 saturated carbocycles. The molecule has 1 amide bonds. The summed E-state index contributed by atoms with van der Waals surface area (Å²) in [6.07, 6.45) is 0.980. The highest BCUT2D eigenvalue weighted by Crippen LogP contribution is 2.36. The number of amides is 1. The molecular weight excluding hydrogens is 347 g/mol. The lowest BCUT2D eigenvalue weighted by atomic mass is 9.81. The van der Waals surface area contributed by atoms with Gasteiger partial charge in [0, 0.05) is 24.3 Å². The maximum atomic E-state index is 13.2. The Labute approximate surface area is 148 Å². The predicted octanol–water partition coefficient (Wildman–Crippen LogP) is 3.29. The smallest absolute Gasteiger partial charge is 0.229 e. The van der Waals surface area contributed by atoms with Gasteiger partial charge in [-0.05, 0) is 25.0 Å². The molecule has 0 atom stereocenters. The number of anilines is 1. The normalized spacial score (nSPS) is 19.0. The molecule has 0 bridgehead atoms. The highest BCUT2D eigenvalue weighted by Gasteiger charge is 2.37. The van der Waals surface area contributed by atoms with E-state index in [1.807, 2.05) is 0 Å². The zero-order chi connectivity index (χ0) is 18.0. The molecule has 1 N–H and O–H groups in total. The molecule has 0 spiro atoms. The van der Waals surface area contributed by atoms with Gasteiger partial charge in [-0.15, -0.1) is 11.3 Å². The molecule has 1 heterocycles. The molecule has 6 nitrogen and oxygen atoms in total. The second-order valence-electron chi connectivity index (χ2n) is 5.79. The summed E-state index contributed by atoms with van der Waals surface area (Å²) < 4.78 is 24.0. The highest BCUT2D eigenvalue weighted by molar-refractivity contribution is 7.14. The number of hydrogen-bond donors (Lipinski definition) is 1. The van der Waals surface area contributed by atoms with Gasteiger partial charge >= 0.3 is 0 Å². The zero-order valence-corrected chi connectivity index (χ0v) is 14.6. The number of ketones is 1. The van der Waals surface area contributed by atoms with E-state index in [-0.39, 0.29) is 23.7 Å². The number of aromatic nitrogens is 1. The summed E-state index contributed by atoms with van der Waals surface area (Å²) in [5.41, 5.74) is 0.346. The molecule has 1 fully saturated rings. The van der Waals surface area contributed by atoms with Crippen LogP contribution >= 0.6 is 11.3 Å². The number of carbonyl (C=O) groups excluding carboxylic acids is 2. The number of nitrogens with one attached hydrogen (secondary N) is 1. The van der Waals surface area contributed by atoms with Gasteiger partial charge in [-0.1, -0.05) is 0 Å². The first-order valence-corrected chi connectivity index (χ1v) is 8.61. The third-order valence-corrected chi connectivity index (χ3v) is 4.74. The number of thiazole rings is 1. The van der Waals surface area contributed by atoms with E-state index >= 15 is 0 Å². The molecule has 8 heteroatoms. The van der Waals surface area contributed by atoms with Crippen molar-refractivity contribution < 1.29 is 23.5 Å². The van der Waals surface area contributed by atoms with Gasteiger partial charge in [-0.25, -0.2) is 9.37 Å². The van der Waals surface area contributed by atoms with Crippen molar-refractivity contribution in [2.75, 3.05) is 12.4 Å². The van der Waals surface area contributed by atoms with Crippen molar-refractivity contribution in [3.63, 3.8) is 0 Å². The number of methoxy groups -OCH3 is 1. The summed E-state index contributed by atoms with van der Waals surface area (Å²) in [4.78, 5) is 27.5. The Kier molecular flexibility index (Phi) is 4.98. The molecular formula is C17H17FN2O4S. The fourth-order valence-corrected chi connectivity index (χ4v) is 3.25. The summed E-state index contributed by atoms with van der Waals surface area (Å²) in [7, 11) is 1.45. The second kappa shape index (κ2) is 7.18. The van der Waals surface area contributed by atoms with Crippen LogP contribution in [0.5, 0.6) is 11.5 Å². The molecule has 0 saturated heterocycles. The average Bonchev–Trinajstić information content (AvgIpc) is 3.00. The topological polar surface area (TPSA) is 77.5 Å². The molecule has 1 aliphatic rings. The van der Waals surface area contributed by atoms with Gasteiger partial charge in [0.25, 0.3) is 0 Å². The molecule has 0 aliphatic heterocycles. The van der Waals surface area contributed by atoms with Gasteiger partial charge in [0.05, 0.1) is 7.11 Å². The number of halogens is 1. The molecule has 0 unspecified atom stereocenters. The van der Waals surface area contributed by atoms with Crippen LogP contribution < -0.4 is 14.8 Å². The first kappa shape index (κ1) is 17.3. The molecule has 1 aliphatic carbocycles. The quantitative estimate of drug-likeness (QED) is 0.796. The minimum absolute atomic E-state index is 0.126. The zero-order valence-electron chi connectivity index (χ0n) is 13.7. The van der Waals surface area contributed by atoms with Crippen LogP contribution in [-0.2, 0) is 4.79 Å². The summed E-state index contributed by atoms with van der Waals surface area (Å²) >= 11 is 1.22. The summed E-state index contributed by atoms with van der Waals surface area (Å²) in [6, 6.07) is 4.07. The van der Waals surface area contributed by atoms with Gasteiger partial charge < -0.3 is 14.8 Å². The number of ether oxygens (including phenoxy) is 2. The second-order valence-corrected chi connectivity index (χ2v) is 6.64. The van der Waals surface area contributed by atoms with Crippen LogP contribution in [-0.4, -0.2) is 29.9 Å². The van der Waals surface area contributed by atoms with Crippen molar-refractivity contribution in [3.8, 4) is 11.5 Å². The monoisotopic (exact) mass is 364 g/mol. The van der Waals surface area contributed by atoms with Crippen LogP contribution in [0.4, 0.5) is 9.52 Å². The van der Waals surface area contributed by atoms with Crippen molar-refractivity contribution in [1.29, 1.82) is 0 Å². The van der Waals surface area contributed by atoms with Crippen LogP contribution in [0.1, 0.15) is 30.3 Å². The van der Waals surface area contributed by atoms with Gasteiger partial charge in [-0.2, -0.15) is 0 Å². The van der Waals surface area contributed by atoms with Crippen molar-refractivity contribution in [2.24, 2.45) is 5.92 Å².